The number of carbonyl (C=O) groups is 1. The van der Waals surface area contributed by atoms with Crippen LogP contribution in [0.4, 0.5) is 0 Å². The van der Waals surface area contributed by atoms with Gasteiger partial charge in [0.25, 0.3) is 0 Å². The number of hydrogen-bond donors (Lipinski definition) is 3. The Hall–Kier alpha value is -0.500. The van der Waals surface area contributed by atoms with Crippen LogP contribution in [0.3, 0.4) is 0 Å². The van der Waals surface area contributed by atoms with E-state index in [1.807, 2.05) is 28.1 Å². The highest BCUT2D eigenvalue weighted by molar-refractivity contribution is 7.47. The molecule has 0 saturated heterocycles. The van der Waals surface area contributed by atoms with Gasteiger partial charge in [0.15, 0.2) is 0 Å². The lowest BCUT2D eigenvalue weighted by molar-refractivity contribution is -0.870. The number of amides is 1. The molecular weight excluding hydrogens is 527 g/mol. The van der Waals surface area contributed by atoms with Crippen LogP contribution >= 0.6 is 7.82 Å². The molecule has 40 heavy (non-hydrogen) atoms. The van der Waals surface area contributed by atoms with Crippen molar-refractivity contribution < 1.29 is 32.9 Å². The van der Waals surface area contributed by atoms with E-state index < -0.39 is 20.0 Å². The van der Waals surface area contributed by atoms with Crippen LogP contribution in [-0.2, 0) is 18.4 Å². The molecule has 0 rings (SSSR count). The van der Waals surface area contributed by atoms with Gasteiger partial charge in [0, 0.05) is 6.42 Å². The lowest BCUT2D eigenvalue weighted by atomic mass is 10.0. The van der Waals surface area contributed by atoms with E-state index in [2.05, 4.69) is 12.2 Å². The number of phosphoric ester groups is 1. The molecule has 3 N–H and O–H groups in total. The van der Waals surface area contributed by atoms with Crippen molar-refractivity contribution in [3.05, 3.63) is 0 Å². The summed E-state index contributed by atoms with van der Waals surface area (Å²) in [5.41, 5.74) is 0. The number of nitrogens with one attached hydrogen (secondary N) is 1. The number of likely N-dealkylation sites (N-methyl/N-ethyl adjacent to an activating group) is 1. The quantitative estimate of drug-likeness (QED) is 0.0471. The Morgan fingerprint density at radius 3 is 1.65 bits per heavy atom. The summed E-state index contributed by atoms with van der Waals surface area (Å²) in [6.07, 6.45) is 22.2. The summed E-state index contributed by atoms with van der Waals surface area (Å²) in [6, 6.07) is -0.747. The topological polar surface area (TPSA) is 105 Å². The summed E-state index contributed by atoms with van der Waals surface area (Å²) in [6.45, 7) is 4.63. The fourth-order valence-electron chi connectivity index (χ4n) is 4.61. The van der Waals surface area contributed by atoms with Crippen molar-refractivity contribution in [2.24, 2.45) is 0 Å². The Bertz CT molecular complexity index is 644. The standard InChI is InChI=1S/C31H65N2O6P/c1-6-8-10-11-12-13-14-15-16-17-18-19-20-21-22-23-24-30(34)29(32-31(35)25-9-7-2)28-39-40(36,37)38-27-26-33(3,4)5/h29-30,34H,6-28H2,1-5H3,(H-,32,35,36,37)/p+1. The minimum absolute atomic E-state index is 0.0759. The third kappa shape index (κ3) is 26.4. The van der Waals surface area contributed by atoms with Gasteiger partial charge < -0.3 is 19.8 Å². The first kappa shape index (κ1) is 39.5. The van der Waals surface area contributed by atoms with Gasteiger partial charge in [0.05, 0.1) is 39.9 Å². The van der Waals surface area contributed by atoms with E-state index >= 15 is 0 Å². The molecule has 240 valence electrons. The van der Waals surface area contributed by atoms with Crippen molar-refractivity contribution in [1.82, 2.24) is 5.32 Å². The van der Waals surface area contributed by atoms with E-state index in [-0.39, 0.29) is 19.1 Å². The number of quaternary nitrogens is 1. The Kier molecular flexibility index (Phi) is 24.7. The van der Waals surface area contributed by atoms with E-state index in [1.54, 1.807) is 0 Å². The number of nitrogens with zero attached hydrogens (tertiary/aromatic N) is 1. The van der Waals surface area contributed by atoms with Crippen LogP contribution in [0.2, 0.25) is 0 Å². The van der Waals surface area contributed by atoms with E-state index in [1.165, 1.54) is 83.5 Å². The van der Waals surface area contributed by atoms with Gasteiger partial charge in [0.2, 0.25) is 5.91 Å². The molecule has 0 heterocycles. The predicted molar refractivity (Wildman–Crippen MR) is 166 cm³/mol. The van der Waals surface area contributed by atoms with Gasteiger partial charge in [-0.25, -0.2) is 4.57 Å². The molecule has 0 aromatic heterocycles. The number of aliphatic hydroxyl groups excluding tert-OH is 1. The highest BCUT2D eigenvalue weighted by Crippen LogP contribution is 2.43. The first-order valence-corrected chi connectivity index (χ1v) is 17.9. The van der Waals surface area contributed by atoms with Crippen LogP contribution in [0.25, 0.3) is 0 Å². The summed E-state index contributed by atoms with van der Waals surface area (Å²) in [5, 5.41) is 13.6. The van der Waals surface area contributed by atoms with Gasteiger partial charge in [0.1, 0.15) is 13.2 Å². The van der Waals surface area contributed by atoms with Crippen LogP contribution in [0.5, 0.6) is 0 Å². The molecule has 1 amide bonds. The zero-order valence-electron chi connectivity index (χ0n) is 26.8. The average Bonchev–Trinajstić information content (AvgIpc) is 2.88. The lowest BCUT2D eigenvalue weighted by Crippen LogP contribution is -2.46. The van der Waals surface area contributed by atoms with Gasteiger partial charge in [-0.2, -0.15) is 0 Å². The zero-order chi connectivity index (χ0) is 30.1. The number of phosphoric acid groups is 1. The van der Waals surface area contributed by atoms with Gasteiger partial charge in [-0.05, 0) is 12.8 Å². The van der Waals surface area contributed by atoms with E-state index in [0.717, 1.165) is 32.1 Å². The second-order valence-corrected chi connectivity index (χ2v) is 14.0. The fraction of sp³-hybridized carbons (Fsp3) is 0.968. The Morgan fingerprint density at radius 1 is 0.750 bits per heavy atom. The molecule has 0 bridgehead atoms. The predicted octanol–water partition coefficient (Wildman–Crippen LogP) is 7.51. The van der Waals surface area contributed by atoms with E-state index in [0.29, 0.717) is 23.9 Å². The van der Waals surface area contributed by atoms with Crippen LogP contribution in [0, 0.1) is 0 Å². The second kappa shape index (κ2) is 25.0. The largest absolute Gasteiger partial charge is 0.472 e. The van der Waals surface area contributed by atoms with E-state index in [9.17, 15) is 19.4 Å². The summed E-state index contributed by atoms with van der Waals surface area (Å²) < 4.78 is 23.2. The molecule has 3 unspecified atom stereocenters. The van der Waals surface area contributed by atoms with Crippen molar-refractivity contribution in [3.8, 4) is 0 Å². The molecule has 0 aromatic rings. The van der Waals surface area contributed by atoms with Gasteiger partial charge >= 0.3 is 7.82 Å². The fourth-order valence-corrected chi connectivity index (χ4v) is 5.35. The summed E-state index contributed by atoms with van der Waals surface area (Å²) in [5.74, 6) is -0.180. The third-order valence-electron chi connectivity index (χ3n) is 7.36. The Balaban J connectivity index is 4.16. The number of rotatable bonds is 29. The summed E-state index contributed by atoms with van der Waals surface area (Å²) >= 11 is 0. The number of aliphatic hydroxyl groups is 1. The second-order valence-electron chi connectivity index (χ2n) is 12.5. The molecule has 0 aliphatic carbocycles. The van der Waals surface area contributed by atoms with Crippen molar-refractivity contribution >= 4 is 13.7 Å². The molecule has 8 nitrogen and oxygen atoms in total. The van der Waals surface area contributed by atoms with E-state index in [4.69, 9.17) is 9.05 Å². The maximum Gasteiger partial charge on any atom is 0.472 e. The summed E-state index contributed by atoms with van der Waals surface area (Å²) in [4.78, 5) is 22.4. The smallest absolute Gasteiger partial charge is 0.391 e. The number of hydrogen-bond acceptors (Lipinski definition) is 5. The molecule has 0 aliphatic rings. The highest BCUT2D eigenvalue weighted by Gasteiger charge is 2.28. The minimum atomic E-state index is -4.27. The van der Waals surface area contributed by atoms with Crippen molar-refractivity contribution in [3.63, 3.8) is 0 Å². The van der Waals surface area contributed by atoms with Crippen LogP contribution in [0.1, 0.15) is 142 Å². The SMILES string of the molecule is CCCCCCCCCCCCCCCCCCC(O)C(COP(=O)(O)OCC[N+](C)(C)C)NC(=O)CCCC. The zero-order valence-corrected chi connectivity index (χ0v) is 27.7. The molecular formula is C31H66N2O6P+. The molecule has 3 atom stereocenters. The van der Waals surface area contributed by atoms with Gasteiger partial charge in [-0.3, -0.25) is 13.8 Å². The Morgan fingerprint density at radius 2 is 1.20 bits per heavy atom. The highest BCUT2D eigenvalue weighted by atomic mass is 31.2. The average molecular weight is 594 g/mol. The molecule has 9 heteroatoms. The van der Waals surface area contributed by atoms with Crippen LogP contribution in [-0.4, -0.2) is 73.4 Å². The maximum atomic E-state index is 12.3. The van der Waals surface area contributed by atoms with Crippen LogP contribution < -0.4 is 5.32 Å². The van der Waals surface area contributed by atoms with Crippen molar-refractivity contribution in [1.29, 1.82) is 0 Å². The van der Waals surface area contributed by atoms with Gasteiger partial charge in [-0.1, -0.05) is 123 Å². The molecule has 0 spiro atoms. The first-order chi connectivity index (χ1) is 19.0. The Labute approximate surface area is 247 Å². The number of carbonyl (C=O) groups excluding carboxylic acids is 1. The minimum Gasteiger partial charge on any atom is -0.391 e. The van der Waals surface area contributed by atoms with Crippen molar-refractivity contribution in [2.45, 2.75) is 154 Å². The van der Waals surface area contributed by atoms with Crippen molar-refractivity contribution in [2.75, 3.05) is 40.9 Å². The normalized spacial score (nSPS) is 15.1. The maximum absolute atomic E-state index is 12.3. The summed E-state index contributed by atoms with van der Waals surface area (Å²) in [7, 11) is 1.61. The molecule has 0 saturated carbocycles. The molecule has 0 aliphatic heterocycles. The lowest BCUT2D eigenvalue weighted by Gasteiger charge is -2.26. The van der Waals surface area contributed by atoms with Gasteiger partial charge in [-0.15, -0.1) is 0 Å². The van der Waals surface area contributed by atoms with Crippen LogP contribution in [0.15, 0.2) is 0 Å². The monoisotopic (exact) mass is 593 g/mol. The number of unbranched alkanes of at least 4 members (excludes halogenated alkanes) is 16. The molecule has 0 radical (unpaired) electrons. The molecule has 0 fully saturated rings. The third-order valence-corrected chi connectivity index (χ3v) is 8.34. The first-order valence-electron chi connectivity index (χ1n) is 16.4. The molecule has 0 aromatic carbocycles.